The molecule has 5 rings (SSSR count). The first-order valence-electron chi connectivity index (χ1n) is 9.16. The maximum Gasteiger partial charge on any atom is 0.212 e. The van der Waals surface area contributed by atoms with Crippen LogP contribution in [0.25, 0.3) is 0 Å². The number of aromatic nitrogens is 1. The zero-order chi connectivity index (χ0) is 17.0. The van der Waals surface area contributed by atoms with E-state index in [0.717, 1.165) is 13.1 Å². The molecule has 3 aliphatic rings. The van der Waals surface area contributed by atoms with Gasteiger partial charge in [0.15, 0.2) is 5.78 Å². The lowest BCUT2D eigenvalue weighted by Crippen LogP contribution is -2.32. The molecule has 0 radical (unpaired) electrons. The van der Waals surface area contributed by atoms with Crippen molar-refractivity contribution >= 4 is 11.6 Å². The molecule has 0 spiro atoms. The van der Waals surface area contributed by atoms with Gasteiger partial charge >= 0.3 is 0 Å². The summed E-state index contributed by atoms with van der Waals surface area (Å²) >= 11 is 0. The first-order chi connectivity index (χ1) is 12.2. The lowest BCUT2D eigenvalue weighted by atomic mass is 9.85. The van der Waals surface area contributed by atoms with Gasteiger partial charge in [-0.1, -0.05) is 19.3 Å². The van der Waals surface area contributed by atoms with Crippen molar-refractivity contribution in [1.82, 2.24) is 9.88 Å². The maximum absolute atomic E-state index is 12.8. The van der Waals surface area contributed by atoms with E-state index in [1.165, 1.54) is 43.2 Å². The molecule has 126 valence electrons. The van der Waals surface area contributed by atoms with Crippen molar-refractivity contribution in [2.75, 3.05) is 0 Å². The fourth-order valence-electron chi connectivity index (χ4n) is 4.60. The smallest absolute Gasteiger partial charge is 0.212 e. The first kappa shape index (κ1) is 15.0. The summed E-state index contributed by atoms with van der Waals surface area (Å²) in [7, 11) is 0. The highest BCUT2D eigenvalue weighted by atomic mass is 16.1. The maximum atomic E-state index is 12.8. The summed E-state index contributed by atoms with van der Waals surface area (Å²) in [6, 6.07) is 7.97. The van der Waals surface area contributed by atoms with Crippen LogP contribution in [0.1, 0.15) is 75.2 Å². The van der Waals surface area contributed by atoms with Gasteiger partial charge in [-0.2, -0.15) is 0 Å². The minimum atomic E-state index is -0.121. The van der Waals surface area contributed by atoms with Gasteiger partial charge in [-0.15, -0.1) is 0 Å². The fraction of sp³-hybridized carbons (Fsp3) is 0.381. The molecule has 0 N–H and O–H groups in total. The molecule has 0 unspecified atom stereocenters. The number of fused-ring (bicyclic) bond motifs is 3. The van der Waals surface area contributed by atoms with Gasteiger partial charge < -0.3 is 0 Å². The SMILES string of the molecule is O=C1c2cc3c(cc2C(=O)c2ncccc21)CN(C1CCCCC1)C3. The highest BCUT2D eigenvalue weighted by Crippen LogP contribution is 2.35. The van der Waals surface area contributed by atoms with Crippen LogP contribution in [0.3, 0.4) is 0 Å². The predicted octanol–water partition coefficient (Wildman–Crippen LogP) is 3.51. The summed E-state index contributed by atoms with van der Waals surface area (Å²) in [4.78, 5) is 32.3. The van der Waals surface area contributed by atoms with E-state index in [0.29, 0.717) is 28.4 Å². The molecular formula is C21H20N2O2. The van der Waals surface area contributed by atoms with Gasteiger partial charge in [0.05, 0.1) is 5.56 Å². The van der Waals surface area contributed by atoms with Gasteiger partial charge in [-0.3, -0.25) is 19.5 Å². The minimum Gasteiger partial charge on any atom is -0.292 e. The minimum absolute atomic E-state index is 0.0726. The van der Waals surface area contributed by atoms with Crippen LogP contribution in [0, 0.1) is 0 Å². The molecule has 0 atom stereocenters. The van der Waals surface area contributed by atoms with E-state index in [1.807, 2.05) is 12.1 Å². The van der Waals surface area contributed by atoms with Gasteiger partial charge in [0.25, 0.3) is 0 Å². The van der Waals surface area contributed by atoms with E-state index in [4.69, 9.17) is 0 Å². The van der Waals surface area contributed by atoms with E-state index in [1.54, 1.807) is 18.3 Å². The van der Waals surface area contributed by atoms with Crippen molar-refractivity contribution in [3.8, 4) is 0 Å². The van der Waals surface area contributed by atoms with E-state index in [2.05, 4.69) is 9.88 Å². The molecule has 4 heteroatoms. The number of carbonyl (C=O) groups excluding carboxylic acids is 2. The summed E-state index contributed by atoms with van der Waals surface area (Å²) in [6.45, 7) is 1.79. The molecule has 1 saturated carbocycles. The lowest BCUT2D eigenvalue weighted by Gasteiger charge is -2.30. The van der Waals surface area contributed by atoms with Crippen LogP contribution < -0.4 is 0 Å². The molecule has 1 aromatic heterocycles. The number of carbonyl (C=O) groups is 2. The molecule has 4 nitrogen and oxygen atoms in total. The normalized spacial score (nSPS) is 20.3. The number of benzene rings is 1. The third-order valence-electron chi connectivity index (χ3n) is 5.93. The first-order valence-corrected chi connectivity index (χ1v) is 9.16. The Kier molecular flexibility index (Phi) is 3.35. The van der Waals surface area contributed by atoms with Crippen molar-refractivity contribution in [2.45, 2.75) is 51.2 Å². The quantitative estimate of drug-likeness (QED) is 0.684. The molecular weight excluding hydrogens is 312 g/mol. The fourth-order valence-corrected chi connectivity index (χ4v) is 4.60. The van der Waals surface area contributed by atoms with Crippen LogP contribution in [-0.4, -0.2) is 27.5 Å². The summed E-state index contributed by atoms with van der Waals surface area (Å²) < 4.78 is 0. The monoisotopic (exact) mass is 332 g/mol. The zero-order valence-electron chi connectivity index (χ0n) is 14.1. The summed E-state index contributed by atoms with van der Waals surface area (Å²) in [5.74, 6) is -0.194. The van der Waals surface area contributed by atoms with Gasteiger partial charge in [0, 0.05) is 36.5 Å². The van der Waals surface area contributed by atoms with Gasteiger partial charge in [-0.25, -0.2) is 0 Å². The number of rotatable bonds is 1. The summed E-state index contributed by atoms with van der Waals surface area (Å²) in [6.07, 6.45) is 8.08. The lowest BCUT2D eigenvalue weighted by molar-refractivity contribution is 0.0975. The molecule has 2 aromatic rings. The Balaban J connectivity index is 1.53. The average molecular weight is 332 g/mol. The topological polar surface area (TPSA) is 50.3 Å². The Hall–Kier alpha value is -2.33. The van der Waals surface area contributed by atoms with E-state index in [9.17, 15) is 9.59 Å². The van der Waals surface area contributed by atoms with Crippen LogP contribution >= 0.6 is 0 Å². The molecule has 25 heavy (non-hydrogen) atoms. The Labute approximate surface area is 146 Å². The van der Waals surface area contributed by atoms with E-state index >= 15 is 0 Å². The number of hydrogen-bond donors (Lipinski definition) is 0. The molecule has 0 saturated heterocycles. The molecule has 2 aliphatic carbocycles. The van der Waals surface area contributed by atoms with Crippen molar-refractivity contribution < 1.29 is 9.59 Å². The van der Waals surface area contributed by atoms with Gasteiger partial charge in [-0.05, 0) is 48.2 Å². The molecule has 2 heterocycles. The standard InChI is InChI=1S/C21H20N2O2/c24-20-16-7-4-8-22-19(16)21(25)18-10-14-12-23(11-13(14)9-17(18)20)15-5-2-1-3-6-15/h4,7-10,15H,1-3,5-6,11-12H2. The Morgan fingerprint density at radius 2 is 1.56 bits per heavy atom. The van der Waals surface area contributed by atoms with Crippen molar-refractivity contribution in [2.24, 2.45) is 0 Å². The third kappa shape index (κ3) is 2.28. The largest absolute Gasteiger partial charge is 0.292 e. The second-order valence-electron chi connectivity index (χ2n) is 7.42. The number of hydrogen-bond acceptors (Lipinski definition) is 4. The van der Waals surface area contributed by atoms with Crippen LogP contribution in [0.2, 0.25) is 0 Å². The molecule has 1 fully saturated rings. The molecule has 0 amide bonds. The number of nitrogens with zero attached hydrogens (tertiary/aromatic N) is 2. The number of pyridine rings is 1. The van der Waals surface area contributed by atoms with Gasteiger partial charge in [0.1, 0.15) is 5.69 Å². The van der Waals surface area contributed by atoms with E-state index < -0.39 is 0 Å². The summed E-state index contributed by atoms with van der Waals surface area (Å²) in [5, 5.41) is 0. The average Bonchev–Trinajstić information content (AvgIpc) is 3.09. The van der Waals surface area contributed by atoms with Crippen molar-refractivity contribution in [1.29, 1.82) is 0 Å². The molecule has 0 bridgehead atoms. The van der Waals surface area contributed by atoms with Crippen LogP contribution in [0.15, 0.2) is 30.5 Å². The van der Waals surface area contributed by atoms with Crippen molar-refractivity contribution in [3.05, 3.63) is 64.0 Å². The Bertz CT molecular complexity index is 833. The zero-order valence-corrected chi connectivity index (χ0v) is 14.1. The van der Waals surface area contributed by atoms with E-state index in [-0.39, 0.29) is 11.6 Å². The second kappa shape index (κ2) is 5.60. The predicted molar refractivity (Wildman–Crippen MR) is 93.7 cm³/mol. The van der Waals surface area contributed by atoms with Crippen molar-refractivity contribution in [3.63, 3.8) is 0 Å². The molecule has 1 aliphatic heterocycles. The highest BCUT2D eigenvalue weighted by molar-refractivity contribution is 6.27. The van der Waals surface area contributed by atoms with Crippen LogP contribution in [0.5, 0.6) is 0 Å². The van der Waals surface area contributed by atoms with Gasteiger partial charge in [0.2, 0.25) is 5.78 Å². The number of ketones is 2. The highest BCUT2D eigenvalue weighted by Gasteiger charge is 2.34. The Morgan fingerprint density at radius 1 is 0.880 bits per heavy atom. The summed E-state index contributed by atoms with van der Waals surface area (Å²) in [5.41, 5.74) is 4.21. The third-order valence-corrected chi connectivity index (χ3v) is 5.93. The Morgan fingerprint density at radius 3 is 2.28 bits per heavy atom. The second-order valence-corrected chi connectivity index (χ2v) is 7.42. The van der Waals surface area contributed by atoms with Crippen LogP contribution in [0.4, 0.5) is 0 Å². The molecule has 1 aromatic carbocycles. The van der Waals surface area contributed by atoms with Crippen LogP contribution in [-0.2, 0) is 13.1 Å².